The standard InChI is InChI=1S/C21H12O7/c22-11-2-5-14-17(8-11)28-18-9-12(23)3-6-15(18)19(14)16-7-10(20(24)25)1-4-13(16)21(26)27/h1-9,22H,(H,24,25)(H,26,27)/p-1. The zero-order valence-electron chi connectivity index (χ0n) is 14.1. The Bertz CT molecular complexity index is 1300. The van der Waals surface area contributed by atoms with Crippen LogP contribution < -0.4 is 10.5 Å². The molecule has 7 heteroatoms. The van der Waals surface area contributed by atoms with Gasteiger partial charge in [0.2, 0.25) is 0 Å². The Morgan fingerprint density at radius 1 is 0.857 bits per heavy atom. The highest BCUT2D eigenvalue weighted by atomic mass is 16.4. The molecule has 2 N–H and O–H groups in total. The molecule has 28 heavy (non-hydrogen) atoms. The fraction of sp³-hybridized carbons (Fsp3) is 0. The van der Waals surface area contributed by atoms with Gasteiger partial charge >= 0.3 is 11.9 Å². The van der Waals surface area contributed by atoms with Gasteiger partial charge in [-0.15, -0.1) is 5.75 Å². The molecule has 0 amide bonds. The molecule has 1 aliphatic carbocycles. The normalized spacial score (nSPS) is 11.0. The largest absolute Gasteiger partial charge is 0.872 e. The average molecular weight is 375 g/mol. The number of carbonyl (C=O) groups is 2. The maximum absolute atomic E-state index is 11.8. The lowest BCUT2D eigenvalue weighted by Crippen LogP contribution is -2.06. The molecule has 1 aliphatic heterocycles. The minimum Gasteiger partial charge on any atom is -0.872 e. The minimum absolute atomic E-state index is 0.0945. The van der Waals surface area contributed by atoms with Crippen LogP contribution in [0.3, 0.4) is 0 Å². The van der Waals surface area contributed by atoms with Gasteiger partial charge in [-0.1, -0.05) is 12.1 Å². The molecule has 4 rings (SSSR count). The van der Waals surface area contributed by atoms with E-state index in [1.54, 1.807) is 0 Å². The van der Waals surface area contributed by atoms with Gasteiger partial charge in [-0.3, -0.25) is 4.79 Å². The van der Waals surface area contributed by atoms with Crippen molar-refractivity contribution in [3.05, 3.63) is 75.9 Å². The smallest absolute Gasteiger partial charge is 0.336 e. The number of fused-ring (bicyclic) bond motifs is 2. The number of hydrogen-bond acceptors (Lipinski definition) is 5. The van der Waals surface area contributed by atoms with Crippen LogP contribution in [0.4, 0.5) is 0 Å². The second-order valence-corrected chi connectivity index (χ2v) is 6.16. The number of carboxylic acids is 2. The van der Waals surface area contributed by atoms with Crippen molar-refractivity contribution in [2.75, 3.05) is 0 Å². The molecule has 7 nitrogen and oxygen atoms in total. The summed E-state index contributed by atoms with van der Waals surface area (Å²) in [6.45, 7) is 0. The monoisotopic (exact) mass is 375 g/mol. The van der Waals surface area contributed by atoms with E-state index in [2.05, 4.69) is 0 Å². The first kappa shape index (κ1) is 17.3. The maximum atomic E-state index is 11.8. The molecule has 0 atom stereocenters. The first-order valence-corrected chi connectivity index (χ1v) is 8.14. The van der Waals surface area contributed by atoms with Gasteiger partial charge in [-0.05, 0) is 42.0 Å². The zero-order chi connectivity index (χ0) is 20.0. The summed E-state index contributed by atoms with van der Waals surface area (Å²) >= 11 is 0. The van der Waals surface area contributed by atoms with Gasteiger partial charge in [0.15, 0.2) is 5.43 Å². The Balaban J connectivity index is 2.22. The van der Waals surface area contributed by atoms with E-state index >= 15 is 0 Å². The minimum atomic E-state index is -1.24. The molecule has 0 unspecified atom stereocenters. The predicted molar refractivity (Wildman–Crippen MR) is 97.9 cm³/mol. The Morgan fingerprint density at radius 2 is 1.64 bits per heavy atom. The second kappa shape index (κ2) is 6.24. The zero-order valence-corrected chi connectivity index (χ0v) is 14.1. The van der Waals surface area contributed by atoms with Gasteiger partial charge in [0.25, 0.3) is 0 Å². The molecule has 0 saturated carbocycles. The number of carboxylic acid groups (broad SMARTS) is 2. The molecule has 2 aromatic carbocycles. The van der Waals surface area contributed by atoms with Crippen molar-refractivity contribution in [1.82, 2.24) is 0 Å². The first-order valence-electron chi connectivity index (χ1n) is 8.14. The van der Waals surface area contributed by atoms with Crippen LogP contribution in [-0.2, 0) is 0 Å². The molecule has 1 heterocycles. The lowest BCUT2D eigenvalue weighted by atomic mass is 9.89. The van der Waals surface area contributed by atoms with Gasteiger partial charge < -0.3 is 19.7 Å². The Kier molecular flexibility index (Phi) is 3.85. The third-order valence-electron chi connectivity index (χ3n) is 4.43. The lowest BCUT2D eigenvalue weighted by Gasteiger charge is -2.18. The summed E-state index contributed by atoms with van der Waals surface area (Å²) in [5.74, 6) is -2.61. The second-order valence-electron chi connectivity index (χ2n) is 6.16. The third-order valence-corrected chi connectivity index (χ3v) is 4.43. The Labute approximate surface area is 157 Å². The van der Waals surface area contributed by atoms with E-state index in [4.69, 9.17) is 4.42 Å². The van der Waals surface area contributed by atoms with Gasteiger partial charge in [0.1, 0.15) is 11.3 Å². The molecule has 0 radical (unpaired) electrons. The lowest BCUT2D eigenvalue weighted by molar-refractivity contribution is -0.268. The van der Waals surface area contributed by atoms with Crippen LogP contribution >= 0.6 is 0 Å². The molecule has 0 aromatic heterocycles. The van der Waals surface area contributed by atoms with E-state index in [0.29, 0.717) is 16.5 Å². The van der Waals surface area contributed by atoms with Crippen LogP contribution in [0.1, 0.15) is 20.7 Å². The third kappa shape index (κ3) is 2.75. The molecule has 0 fully saturated rings. The summed E-state index contributed by atoms with van der Waals surface area (Å²) in [6, 6.07) is 11.7. The van der Waals surface area contributed by atoms with E-state index in [0.717, 1.165) is 0 Å². The summed E-state index contributed by atoms with van der Waals surface area (Å²) in [7, 11) is 0. The quantitative estimate of drug-likeness (QED) is 0.527. The molecule has 138 valence electrons. The molecular formula is C21H11O7-. The Hall–Kier alpha value is -4.13. The van der Waals surface area contributed by atoms with Crippen LogP contribution in [-0.4, -0.2) is 22.2 Å². The highest BCUT2D eigenvalue weighted by molar-refractivity contribution is 6.08. The fourth-order valence-electron chi connectivity index (χ4n) is 3.21. The summed E-state index contributed by atoms with van der Waals surface area (Å²) in [6.07, 6.45) is 0. The van der Waals surface area contributed by atoms with Crippen molar-refractivity contribution < 1.29 is 29.3 Å². The van der Waals surface area contributed by atoms with Gasteiger partial charge in [0.05, 0.1) is 11.1 Å². The first-order chi connectivity index (χ1) is 13.3. The molecule has 0 spiro atoms. The highest BCUT2D eigenvalue weighted by Gasteiger charge is 2.22. The van der Waals surface area contributed by atoms with E-state index < -0.39 is 11.9 Å². The number of rotatable bonds is 3. The molecular weight excluding hydrogens is 364 g/mol. The van der Waals surface area contributed by atoms with Crippen LogP contribution in [0.25, 0.3) is 33.4 Å². The van der Waals surface area contributed by atoms with Crippen LogP contribution in [0, 0.1) is 0 Å². The topological polar surface area (TPSA) is 128 Å². The van der Waals surface area contributed by atoms with Crippen molar-refractivity contribution in [3.8, 4) is 28.2 Å². The molecule has 0 bridgehead atoms. The van der Waals surface area contributed by atoms with Crippen molar-refractivity contribution in [3.63, 3.8) is 0 Å². The van der Waals surface area contributed by atoms with E-state index in [9.17, 15) is 29.7 Å². The maximum Gasteiger partial charge on any atom is 0.336 e. The van der Waals surface area contributed by atoms with Crippen LogP contribution in [0.5, 0.6) is 5.75 Å². The predicted octanol–water partition coefficient (Wildman–Crippen LogP) is 3.03. The summed E-state index contributed by atoms with van der Waals surface area (Å²) in [5.41, 5.74) is 0.581. The van der Waals surface area contributed by atoms with Crippen molar-refractivity contribution in [2.24, 2.45) is 0 Å². The van der Waals surface area contributed by atoms with Gasteiger partial charge in [-0.2, -0.15) is 0 Å². The van der Waals surface area contributed by atoms with Crippen LogP contribution in [0.2, 0.25) is 0 Å². The van der Waals surface area contributed by atoms with Crippen molar-refractivity contribution in [1.29, 1.82) is 0 Å². The summed E-state index contributed by atoms with van der Waals surface area (Å²) in [5, 5.41) is 31.1. The molecule has 2 aliphatic rings. The van der Waals surface area contributed by atoms with E-state index in [-0.39, 0.29) is 39.2 Å². The van der Waals surface area contributed by atoms with Crippen molar-refractivity contribution in [2.45, 2.75) is 0 Å². The van der Waals surface area contributed by atoms with E-state index in [1.165, 1.54) is 54.6 Å². The number of hydrogen-bond donors (Lipinski definition) is 2. The molecule has 2 aromatic rings. The van der Waals surface area contributed by atoms with E-state index in [1.807, 2.05) is 0 Å². The number of aromatic carboxylic acids is 2. The fourth-order valence-corrected chi connectivity index (χ4v) is 3.21. The van der Waals surface area contributed by atoms with Gasteiger partial charge in [-0.25, -0.2) is 9.59 Å². The summed E-state index contributed by atoms with van der Waals surface area (Å²) < 4.78 is 5.68. The highest BCUT2D eigenvalue weighted by Crippen LogP contribution is 2.41. The van der Waals surface area contributed by atoms with Crippen LogP contribution in [0.15, 0.2) is 63.8 Å². The average Bonchev–Trinajstić information content (AvgIpc) is 2.65. The summed E-state index contributed by atoms with van der Waals surface area (Å²) in [4.78, 5) is 35.0. The SMILES string of the molecule is O=C(O)c1ccc(C(=O)O)c(-c2c3ccc(=O)cc-3oc3cc([O-])ccc23)c1. The molecule has 0 saturated heterocycles. The number of benzene rings is 3. The van der Waals surface area contributed by atoms with Crippen molar-refractivity contribution >= 4 is 22.9 Å². The van der Waals surface area contributed by atoms with Gasteiger partial charge in [0, 0.05) is 22.6 Å². The Morgan fingerprint density at radius 3 is 2.36 bits per heavy atom.